The van der Waals surface area contributed by atoms with Crippen LogP contribution >= 0.6 is 0 Å². The van der Waals surface area contributed by atoms with E-state index in [9.17, 15) is 9.59 Å². The van der Waals surface area contributed by atoms with Crippen molar-refractivity contribution in [2.24, 2.45) is 0 Å². The van der Waals surface area contributed by atoms with Crippen LogP contribution < -0.4 is 5.32 Å². The van der Waals surface area contributed by atoms with E-state index in [1.807, 2.05) is 0 Å². The number of nitrogens with zero attached hydrogens (tertiary/aromatic N) is 1. The van der Waals surface area contributed by atoms with Crippen LogP contribution in [0.25, 0.3) is 0 Å². The van der Waals surface area contributed by atoms with Crippen molar-refractivity contribution in [3.05, 3.63) is 0 Å². The molecule has 1 amide bonds. The number of carboxylic acids is 1. The van der Waals surface area contributed by atoms with Crippen molar-refractivity contribution in [1.29, 1.82) is 0 Å². The van der Waals surface area contributed by atoms with Crippen LogP contribution in [0.4, 0.5) is 0 Å². The summed E-state index contributed by atoms with van der Waals surface area (Å²) < 4.78 is 5.10. The summed E-state index contributed by atoms with van der Waals surface area (Å²) in [5.41, 5.74) is 0. The Hall–Kier alpha value is -1.18. The average Bonchev–Trinajstić information content (AvgIpc) is 2.28. The average molecular weight is 246 g/mol. The molecule has 0 saturated carbocycles. The van der Waals surface area contributed by atoms with Crippen LogP contribution in [0.2, 0.25) is 0 Å². The van der Waals surface area contributed by atoms with E-state index in [4.69, 9.17) is 14.9 Å². The van der Waals surface area contributed by atoms with Crippen LogP contribution in [-0.4, -0.2) is 72.5 Å². The molecule has 7 nitrogen and oxygen atoms in total. The zero-order valence-electron chi connectivity index (χ0n) is 9.59. The zero-order chi connectivity index (χ0) is 12.7. The molecule has 1 atom stereocenters. The van der Waals surface area contributed by atoms with Gasteiger partial charge >= 0.3 is 5.97 Å². The van der Waals surface area contributed by atoms with Gasteiger partial charge in [-0.1, -0.05) is 0 Å². The summed E-state index contributed by atoms with van der Waals surface area (Å²) in [4.78, 5) is 24.0. The van der Waals surface area contributed by atoms with Gasteiger partial charge in [0, 0.05) is 19.6 Å². The Balaban J connectivity index is 2.42. The third-order valence-electron chi connectivity index (χ3n) is 2.57. The van der Waals surface area contributed by atoms with Gasteiger partial charge in [-0.15, -0.1) is 0 Å². The quantitative estimate of drug-likeness (QED) is 0.462. The molecule has 1 aliphatic rings. The number of hydrogen-bond donors (Lipinski definition) is 3. The second kappa shape index (κ2) is 7.21. The molecular weight excluding hydrogens is 228 g/mol. The Labute approximate surface area is 99.4 Å². The van der Waals surface area contributed by atoms with E-state index in [1.54, 1.807) is 4.90 Å². The normalized spacial score (nSPS) is 21.2. The van der Waals surface area contributed by atoms with E-state index < -0.39 is 12.0 Å². The Bertz CT molecular complexity index is 271. The van der Waals surface area contributed by atoms with Gasteiger partial charge in [-0.2, -0.15) is 0 Å². The standard InChI is InChI=1S/C10H18N2O5/c13-4-6-17-5-3-12-2-1-11-10(16)8(12)7-9(14)15/h8,13H,1-7H2,(H,11,16)(H,14,15). The summed E-state index contributed by atoms with van der Waals surface area (Å²) in [6.45, 7) is 2.22. The molecule has 1 heterocycles. The summed E-state index contributed by atoms with van der Waals surface area (Å²) >= 11 is 0. The molecule has 0 aromatic carbocycles. The van der Waals surface area contributed by atoms with Gasteiger partial charge in [0.05, 0.1) is 32.3 Å². The summed E-state index contributed by atoms with van der Waals surface area (Å²) in [7, 11) is 0. The van der Waals surface area contributed by atoms with Crippen molar-refractivity contribution in [1.82, 2.24) is 10.2 Å². The SMILES string of the molecule is O=C(O)CC1C(=O)NCCN1CCOCCO. The lowest BCUT2D eigenvalue weighted by atomic mass is 10.1. The number of amides is 1. The Morgan fingerprint density at radius 2 is 2.29 bits per heavy atom. The monoisotopic (exact) mass is 246 g/mol. The van der Waals surface area contributed by atoms with Crippen molar-refractivity contribution in [2.45, 2.75) is 12.5 Å². The minimum absolute atomic E-state index is 0.0426. The van der Waals surface area contributed by atoms with Crippen molar-refractivity contribution >= 4 is 11.9 Å². The molecule has 0 radical (unpaired) electrons. The Morgan fingerprint density at radius 3 is 2.94 bits per heavy atom. The van der Waals surface area contributed by atoms with E-state index in [2.05, 4.69) is 5.32 Å². The van der Waals surface area contributed by atoms with Crippen molar-refractivity contribution in [3.63, 3.8) is 0 Å². The molecule has 1 fully saturated rings. The number of nitrogens with one attached hydrogen (secondary N) is 1. The van der Waals surface area contributed by atoms with Crippen LogP contribution in [0, 0.1) is 0 Å². The van der Waals surface area contributed by atoms with E-state index in [0.717, 1.165) is 0 Å². The van der Waals surface area contributed by atoms with Crippen LogP contribution in [0.3, 0.4) is 0 Å². The molecule has 17 heavy (non-hydrogen) atoms. The molecule has 3 N–H and O–H groups in total. The Kier molecular flexibility index (Phi) is 5.88. The van der Waals surface area contributed by atoms with Crippen molar-refractivity contribution in [2.75, 3.05) is 39.5 Å². The van der Waals surface area contributed by atoms with Gasteiger partial charge in [0.15, 0.2) is 0 Å². The highest BCUT2D eigenvalue weighted by molar-refractivity contribution is 5.86. The second-order valence-corrected chi connectivity index (χ2v) is 3.78. The maximum Gasteiger partial charge on any atom is 0.305 e. The maximum atomic E-state index is 11.5. The second-order valence-electron chi connectivity index (χ2n) is 3.78. The lowest BCUT2D eigenvalue weighted by Gasteiger charge is -2.33. The highest BCUT2D eigenvalue weighted by Gasteiger charge is 2.31. The van der Waals surface area contributed by atoms with Crippen LogP contribution in [-0.2, 0) is 14.3 Å². The van der Waals surface area contributed by atoms with Gasteiger partial charge < -0.3 is 20.3 Å². The van der Waals surface area contributed by atoms with E-state index in [0.29, 0.717) is 26.2 Å². The largest absolute Gasteiger partial charge is 0.481 e. The van der Waals surface area contributed by atoms with Gasteiger partial charge in [-0.25, -0.2) is 0 Å². The zero-order valence-corrected chi connectivity index (χ0v) is 9.59. The third kappa shape index (κ3) is 4.68. The van der Waals surface area contributed by atoms with Crippen molar-refractivity contribution in [3.8, 4) is 0 Å². The van der Waals surface area contributed by atoms with E-state index >= 15 is 0 Å². The number of carbonyl (C=O) groups excluding carboxylic acids is 1. The molecular formula is C10H18N2O5. The molecule has 7 heteroatoms. The highest BCUT2D eigenvalue weighted by atomic mass is 16.5. The lowest BCUT2D eigenvalue weighted by molar-refractivity contribution is -0.143. The minimum atomic E-state index is -0.992. The number of aliphatic hydroxyl groups excluding tert-OH is 1. The lowest BCUT2D eigenvalue weighted by Crippen LogP contribution is -2.56. The molecule has 0 aromatic heterocycles. The first-order chi connectivity index (χ1) is 8.15. The molecule has 98 valence electrons. The predicted molar refractivity (Wildman–Crippen MR) is 58.5 cm³/mol. The first kappa shape index (κ1) is 13.9. The topological polar surface area (TPSA) is 99.1 Å². The highest BCUT2D eigenvalue weighted by Crippen LogP contribution is 2.08. The summed E-state index contributed by atoms with van der Waals surface area (Å²) in [6, 6.07) is -0.626. The fourth-order valence-corrected chi connectivity index (χ4v) is 1.77. The number of carbonyl (C=O) groups is 2. The summed E-state index contributed by atoms with van der Waals surface area (Å²) in [5, 5.41) is 19.9. The first-order valence-corrected chi connectivity index (χ1v) is 5.57. The van der Waals surface area contributed by atoms with Crippen molar-refractivity contribution < 1.29 is 24.5 Å². The Morgan fingerprint density at radius 1 is 1.53 bits per heavy atom. The smallest absolute Gasteiger partial charge is 0.305 e. The van der Waals surface area contributed by atoms with Crippen LogP contribution in [0.5, 0.6) is 0 Å². The van der Waals surface area contributed by atoms with Crippen LogP contribution in [0.15, 0.2) is 0 Å². The fraction of sp³-hybridized carbons (Fsp3) is 0.800. The van der Waals surface area contributed by atoms with E-state index in [-0.39, 0.29) is 25.5 Å². The molecule has 1 rings (SSSR count). The van der Waals surface area contributed by atoms with Gasteiger partial charge in [-0.3, -0.25) is 14.5 Å². The molecule has 0 aromatic rings. The third-order valence-corrected chi connectivity index (χ3v) is 2.57. The molecule has 0 bridgehead atoms. The van der Waals surface area contributed by atoms with Gasteiger partial charge in [-0.05, 0) is 0 Å². The number of carboxylic acid groups (broad SMARTS) is 1. The number of ether oxygens (including phenoxy) is 1. The molecule has 1 saturated heterocycles. The molecule has 0 aliphatic carbocycles. The first-order valence-electron chi connectivity index (χ1n) is 5.57. The number of hydrogen-bond acceptors (Lipinski definition) is 5. The van der Waals surface area contributed by atoms with E-state index in [1.165, 1.54) is 0 Å². The molecule has 0 spiro atoms. The fourth-order valence-electron chi connectivity index (χ4n) is 1.77. The van der Waals surface area contributed by atoms with Crippen LogP contribution in [0.1, 0.15) is 6.42 Å². The number of aliphatic hydroxyl groups is 1. The molecule has 1 unspecified atom stereocenters. The van der Waals surface area contributed by atoms with Gasteiger partial charge in [0.1, 0.15) is 0 Å². The number of aliphatic carboxylic acids is 1. The predicted octanol–water partition coefficient (Wildman–Crippen LogP) is -1.73. The summed E-state index contributed by atoms with van der Waals surface area (Å²) in [6.07, 6.45) is -0.203. The minimum Gasteiger partial charge on any atom is -0.481 e. The maximum absolute atomic E-state index is 11.5. The van der Waals surface area contributed by atoms with Gasteiger partial charge in [0.25, 0.3) is 0 Å². The van der Waals surface area contributed by atoms with Gasteiger partial charge in [0.2, 0.25) is 5.91 Å². The molecule has 1 aliphatic heterocycles. The number of piperazine rings is 1. The number of rotatable bonds is 7. The summed E-state index contributed by atoms with van der Waals surface area (Å²) in [5.74, 6) is -1.24.